The van der Waals surface area contributed by atoms with Crippen molar-refractivity contribution in [3.05, 3.63) is 35.4 Å². The third kappa shape index (κ3) is 5.30. The lowest BCUT2D eigenvalue weighted by Gasteiger charge is -2.18. The normalized spacial score (nSPS) is 12.8. The molecule has 0 atom stereocenters. The molecule has 0 heterocycles. The molecule has 0 saturated carbocycles. The Morgan fingerprint density at radius 2 is 1.90 bits per heavy atom. The molecule has 1 rings (SSSR count). The number of likely N-dealkylation sites (N-methyl/N-ethyl adjacent to an activating group) is 1. The molecule has 0 aliphatic heterocycles. The first-order chi connectivity index (χ1) is 9.40. The highest BCUT2D eigenvalue weighted by Crippen LogP contribution is 2.07. The average Bonchev–Trinajstić information content (AvgIpc) is 2.36. The van der Waals surface area contributed by atoms with Crippen LogP contribution in [0.2, 0.25) is 0 Å². The second-order valence-electron chi connectivity index (χ2n) is 5.15. The van der Waals surface area contributed by atoms with Gasteiger partial charge in [0.1, 0.15) is 0 Å². The zero-order valence-electron chi connectivity index (χ0n) is 12.8. The van der Waals surface area contributed by atoms with Gasteiger partial charge in [-0.05, 0) is 38.3 Å². The summed E-state index contributed by atoms with van der Waals surface area (Å²) < 4.78 is 0. The highest BCUT2D eigenvalue weighted by molar-refractivity contribution is 5.93. The quantitative estimate of drug-likeness (QED) is 0.645. The highest BCUT2D eigenvalue weighted by Gasteiger charge is 2.04. The van der Waals surface area contributed by atoms with E-state index in [0.717, 1.165) is 13.0 Å². The molecule has 5 nitrogen and oxygen atoms in total. The molecular formula is C15H25N5. The van der Waals surface area contributed by atoms with E-state index in [2.05, 4.69) is 29.0 Å². The third-order valence-corrected chi connectivity index (χ3v) is 2.99. The van der Waals surface area contributed by atoms with Crippen LogP contribution in [-0.4, -0.2) is 36.5 Å². The van der Waals surface area contributed by atoms with Gasteiger partial charge in [-0.2, -0.15) is 4.99 Å². The summed E-state index contributed by atoms with van der Waals surface area (Å²) in [6, 6.07) is 8.45. The second-order valence-corrected chi connectivity index (χ2v) is 5.15. The van der Waals surface area contributed by atoms with Crippen LogP contribution in [0.5, 0.6) is 0 Å². The fourth-order valence-corrected chi connectivity index (χ4v) is 1.79. The molecule has 1 aromatic carbocycles. The van der Waals surface area contributed by atoms with Crippen LogP contribution < -0.4 is 11.5 Å². The molecule has 0 amide bonds. The van der Waals surface area contributed by atoms with E-state index < -0.39 is 0 Å². The zero-order chi connectivity index (χ0) is 15.1. The summed E-state index contributed by atoms with van der Waals surface area (Å²) in [5, 5.41) is 0. The van der Waals surface area contributed by atoms with Crippen LogP contribution in [0.4, 0.5) is 0 Å². The number of rotatable bonds is 4. The van der Waals surface area contributed by atoms with Crippen LogP contribution in [0.15, 0.2) is 34.3 Å². The first-order valence-electron chi connectivity index (χ1n) is 6.83. The number of benzene rings is 1. The smallest absolute Gasteiger partial charge is 0.218 e. The number of aliphatic imine (C=N–C) groups is 2. The number of nitrogens with zero attached hydrogens (tertiary/aromatic N) is 3. The number of guanidine groups is 2. The molecule has 0 aliphatic rings. The summed E-state index contributed by atoms with van der Waals surface area (Å²) in [6.45, 7) is 6.79. The Balaban J connectivity index is 2.60. The van der Waals surface area contributed by atoms with E-state index in [-0.39, 0.29) is 12.0 Å². The standard InChI is InChI=1S/C15H25N5/c1-11(2)18-14(16)19-15(17)20(4)10-9-13-8-6-5-7-12(13)3/h5-8,11H,9-10H2,1-4H3,(H4,16,17,18,19). The van der Waals surface area contributed by atoms with Gasteiger partial charge in [-0.25, -0.2) is 4.99 Å². The van der Waals surface area contributed by atoms with Crippen LogP contribution >= 0.6 is 0 Å². The fraction of sp³-hybridized carbons (Fsp3) is 0.467. The molecule has 0 aromatic heterocycles. The Bertz CT molecular complexity index is 491. The van der Waals surface area contributed by atoms with Gasteiger partial charge < -0.3 is 16.4 Å². The van der Waals surface area contributed by atoms with E-state index in [4.69, 9.17) is 11.5 Å². The van der Waals surface area contributed by atoms with Gasteiger partial charge in [-0.15, -0.1) is 0 Å². The van der Waals surface area contributed by atoms with Gasteiger partial charge in [-0.3, -0.25) is 0 Å². The number of hydrogen-bond donors (Lipinski definition) is 2. The SMILES string of the molecule is Cc1ccccc1CCN(C)C(N)=NC(N)=NC(C)C. The first-order valence-corrected chi connectivity index (χ1v) is 6.83. The van der Waals surface area contributed by atoms with E-state index in [1.807, 2.05) is 37.9 Å². The Hall–Kier alpha value is -2.04. The Labute approximate surface area is 121 Å². The van der Waals surface area contributed by atoms with E-state index in [1.54, 1.807) is 0 Å². The molecular weight excluding hydrogens is 250 g/mol. The van der Waals surface area contributed by atoms with E-state index in [1.165, 1.54) is 11.1 Å². The third-order valence-electron chi connectivity index (χ3n) is 2.99. The van der Waals surface area contributed by atoms with Crippen molar-refractivity contribution < 1.29 is 0 Å². The Morgan fingerprint density at radius 1 is 1.25 bits per heavy atom. The van der Waals surface area contributed by atoms with Crippen molar-refractivity contribution in [2.45, 2.75) is 33.2 Å². The van der Waals surface area contributed by atoms with E-state index in [0.29, 0.717) is 5.96 Å². The van der Waals surface area contributed by atoms with Gasteiger partial charge in [0.2, 0.25) is 5.96 Å². The predicted molar refractivity (Wildman–Crippen MR) is 85.9 cm³/mol. The molecule has 5 heteroatoms. The topological polar surface area (TPSA) is 80.0 Å². The van der Waals surface area contributed by atoms with Crippen LogP contribution in [0, 0.1) is 6.92 Å². The summed E-state index contributed by atoms with van der Waals surface area (Å²) in [6.07, 6.45) is 0.917. The molecule has 0 fully saturated rings. The molecule has 4 N–H and O–H groups in total. The van der Waals surface area contributed by atoms with Crippen molar-refractivity contribution in [1.29, 1.82) is 0 Å². The van der Waals surface area contributed by atoms with E-state index >= 15 is 0 Å². The van der Waals surface area contributed by atoms with Crippen molar-refractivity contribution >= 4 is 11.9 Å². The Kier molecular flexibility index (Phi) is 6.03. The second kappa shape index (κ2) is 7.53. The molecule has 0 unspecified atom stereocenters. The fourth-order valence-electron chi connectivity index (χ4n) is 1.79. The monoisotopic (exact) mass is 275 g/mol. The number of nitrogens with two attached hydrogens (primary N) is 2. The highest BCUT2D eigenvalue weighted by atomic mass is 15.3. The minimum atomic E-state index is 0.115. The summed E-state index contributed by atoms with van der Waals surface area (Å²) in [4.78, 5) is 10.1. The lowest BCUT2D eigenvalue weighted by molar-refractivity contribution is 0.502. The van der Waals surface area contributed by atoms with Crippen molar-refractivity contribution in [3.63, 3.8) is 0 Å². The lowest BCUT2D eigenvalue weighted by Crippen LogP contribution is -2.37. The van der Waals surface area contributed by atoms with Gasteiger partial charge >= 0.3 is 0 Å². The predicted octanol–water partition coefficient (Wildman–Crippen LogP) is 1.51. The maximum atomic E-state index is 5.91. The van der Waals surface area contributed by atoms with Crippen LogP contribution in [0.3, 0.4) is 0 Å². The minimum absolute atomic E-state index is 0.115. The van der Waals surface area contributed by atoms with Gasteiger partial charge in [0.25, 0.3) is 0 Å². The van der Waals surface area contributed by atoms with Gasteiger partial charge in [0, 0.05) is 19.6 Å². The molecule has 0 radical (unpaired) electrons. The molecule has 0 saturated heterocycles. The molecule has 20 heavy (non-hydrogen) atoms. The summed E-state index contributed by atoms with van der Waals surface area (Å²) in [5.74, 6) is 0.612. The summed E-state index contributed by atoms with van der Waals surface area (Å²) in [5.41, 5.74) is 14.2. The summed E-state index contributed by atoms with van der Waals surface area (Å²) in [7, 11) is 1.90. The van der Waals surface area contributed by atoms with Crippen molar-refractivity contribution in [3.8, 4) is 0 Å². The zero-order valence-corrected chi connectivity index (χ0v) is 12.8. The van der Waals surface area contributed by atoms with Crippen LogP contribution in [0.25, 0.3) is 0 Å². The number of aryl methyl sites for hydroxylation is 1. The molecule has 1 aromatic rings. The van der Waals surface area contributed by atoms with Crippen molar-refractivity contribution in [2.24, 2.45) is 21.5 Å². The first kappa shape index (κ1) is 16.0. The van der Waals surface area contributed by atoms with Gasteiger partial charge in [0.05, 0.1) is 0 Å². The van der Waals surface area contributed by atoms with Crippen LogP contribution in [0.1, 0.15) is 25.0 Å². The van der Waals surface area contributed by atoms with Crippen LogP contribution in [-0.2, 0) is 6.42 Å². The lowest BCUT2D eigenvalue weighted by atomic mass is 10.1. The maximum absolute atomic E-state index is 5.91. The largest absolute Gasteiger partial charge is 0.369 e. The summed E-state index contributed by atoms with van der Waals surface area (Å²) >= 11 is 0. The van der Waals surface area contributed by atoms with Gasteiger partial charge in [0.15, 0.2) is 5.96 Å². The van der Waals surface area contributed by atoms with Gasteiger partial charge in [-0.1, -0.05) is 24.3 Å². The maximum Gasteiger partial charge on any atom is 0.218 e. The Morgan fingerprint density at radius 3 is 2.50 bits per heavy atom. The average molecular weight is 275 g/mol. The molecule has 0 aliphatic carbocycles. The minimum Gasteiger partial charge on any atom is -0.369 e. The number of hydrogen-bond acceptors (Lipinski definition) is 1. The molecule has 110 valence electrons. The van der Waals surface area contributed by atoms with Crippen molar-refractivity contribution in [1.82, 2.24) is 4.90 Å². The molecule has 0 bridgehead atoms. The van der Waals surface area contributed by atoms with E-state index in [9.17, 15) is 0 Å². The van der Waals surface area contributed by atoms with Crippen molar-refractivity contribution in [2.75, 3.05) is 13.6 Å². The molecule has 0 spiro atoms.